The lowest BCUT2D eigenvalue weighted by Gasteiger charge is -2.16. The third-order valence-electron chi connectivity index (χ3n) is 2.78. The number of hydrogen-bond acceptors (Lipinski definition) is 2. The van der Waals surface area contributed by atoms with E-state index in [4.69, 9.17) is 11.6 Å². The number of ketones is 1. The second kappa shape index (κ2) is 7.46. The zero-order valence-electron chi connectivity index (χ0n) is 10.5. The summed E-state index contributed by atoms with van der Waals surface area (Å²) in [6.07, 6.45) is 1.65. The quantitative estimate of drug-likeness (QED) is 0.755. The lowest BCUT2D eigenvalue weighted by molar-refractivity contribution is -0.120. The summed E-state index contributed by atoms with van der Waals surface area (Å²) < 4.78 is 0. The number of halogens is 1. The standard InChI is InChI=1S/C14H20ClNO/c1-3-9-16-10-13(14(17)4-2)11-5-7-12(15)8-6-11/h5-8,13,16H,3-4,9-10H2,1-2H3. The lowest BCUT2D eigenvalue weighted by atomic mass is 9.93. The van der Waals surface area contributed by atoms with Crippen LogP contribution in [-0.4, -0.2) is 18.9 Å². The molecule has 1 unspecified atom stereocenters. The maximum Gasteiger partial charge on any atom is 0.141 e. The largest absolute Gasteiger partial charge is 0.316 e. The highest BCUT2D eigenvalue weighted by atomic mass is 35.5. The minimum Gasteiger partial charge on any atom is -0.316 e. The zero-order valence-corrected chi connectivity index (χ0v) is 11.3. The van der Waals surface area contributed by atoms with Gasteiger partial charge in [-0.3, -0.25) is 4.79 Å². The topological polar surface area (TPSA) is 29.1 Å². The van der Waals surface area contributed by atoms with Crippen LogP contribution in [0.4, 0.5) is 0 Å². The van der Waals surface area contributed by atoms with E-state index in [1.807, 2.05) is 31.2 Å². The molecule has 0 aliphatic heterocycles. The van der Waals surface area contributed by atoms with Crippen LogP contribution in [0.15, 0.2) is 24.3 Å². The van der Waals surface area contributed by atoms with Crippen LogP contribution in [0.3, 0.4) is 0 Å². The molecule has 17 heavy (non-hydrogen) atoms. The van der Waals surface area contributed by atoms with E-state index in [2.05, 4.69) is 12.2 Å². The summed E-state index contributed by atoms with van der Waals surface area (Å²) in [6.45, 7) is 5.68. The molecule has 0 spiro atoms. The molecule has 2 nitrogen and oxygen atoms in total. The molecule has 0 amide bonds. The molecular formula is C14H20ClNO. The van der Waals surface area contributed by atoms with Gasteiger partial charge in [0.1, 0.15) is 5.78 Å². The Morgan fingerprint density at radius 2 is 1.94 bits per heavy atom. The smallest absolute Gasteiger partial charge is 0.141 e. The van der Waals surface area contributed by atoms with Gasteiger partial charge in [0, 0.05) is 18.0 Å². The van der Waals surface area contributed by atoms with Gasteiger partial charge in [0.2, 0.25) is 0 Å². The first kappa shape index (κ1) is 14.2. The maximum absolute atomic E-state index is 11.9. The molecule has 1 aromatic carbocycles. The summed E-state index contributed by atoms with van der Waals surface area (Å²) in [4.78, 5) is 11.9. The first-order valence-corrected chi connectivity index (χ1v) is 6.55. The Morgan fingerprint density at radius 3 is 2.47 bits per heavy atom. The number of carbonyl (C=O) groups is 1. The first-order chi connectivity index (χ1) is 8.19. The number of rotatable bonds is 7. The van der Waals surface area contributed by atoms with E-state index in [1.165, 1.54) is 0 Å². The molecule has 0 radical (unpaired) electrons. The van der Waals surface area contributed by atoms with Crippen molar-refractivity contribution in [2.75, 3.05) is 13.1 Å². The molecule has 0 aromatic heterocycles. The van der Waals surface area contributed by atoms with Crippen molar-refractivity contribution >= 4 is 17.4 Å². The lowest BCUT2D eigenvalue weighted by Crippen LogP contribution is -2.27. The Balaban J connectivity index is 2.74. The van der Waals surface area contributed by atoms with Crippen LogP contribution in [0.5, 0.6) is 0 Å². The van der Waals surface area contributed by atoms with Gasteiger partial charge < -0.3 is 5.32 Å². The van der Waals surface area contributed by atoms with Gasteiger partial charge >= 0.3 is 0 Å². The summed E-state index contributed by atoms with van der Waals surface area (Å²) >= 11 is 5.86. The molecule has 1 rings (SSSR count). The molecule has 1 aromatic rings. The number of hydrogen-bond donors (Lipinski definition) is 1. The van der Waals surface area contributed by atoms with Crippen molar-refractivity contribution in [2.45, 2.75) is 32.6 Å². The second-order valence-corrected chi connectivity index (χ2v) is 4.56. The number of benzene rings is 1. The van der Waals surface area contributed by atoms with E-state index in [-0.39, 0.29) is 11.7 Å². The van der Waals surface area contributed by atoms with Crippen LogP contribution in [0.25, 0.3) is 0 Å². The van der Waals surface area contributed by atoms with Gasteiger partial charge in [-0.05, 0) is 30.7 Å². The molecule has 0 bridgehead atoms. The molecule has 0 saturated carbocycles. The van der Waals surface area contributed by atoms with Crippen LogP contribution >= 0.6 is 11.6 Å². The van der Waals surface area contributed by atoms with E-state index in [9.17, 15) is 4.79 Å². The third kappa shape index (κ3) is 4.49. The van der Waals surface area contributed by atoms with Gasteiger partial charge in [0.05, 0.1) is 5.92 Å². The Hall–Kier alpha value is -0.860. The highest BCUT2D eigenvalue weighted by Crippen LogP contribution is 2.20. The SMILES string of the molecule is CCCNCC(C(=O)CC)c1ccc(Cl)cc1. The molecule has 3 heteroatoms. The van der Waals surface area contributed by atoms with Crippen molar-refractivity contribution in [1.29, 1.82) is 0 Å². The number of carbonyl (C=O) groups excluding carboxylic acids is 1. The molecule has 0 aliphatic carbocycles. The minimum absolute atomic E-state index is 0.0520. The van der Waals surface area contributed by atoms with Crippen LogP contribution in [0.2, 0.25) is 5.02 Å². The van der Waals surface area contributed by atoms with Crippen LogP contribution in [-0.2, 0) is 4.79 Å². The van der Waals surface area contributed by atoms with Crippen LogP contribution in [0.1, 0.15) is 38.2 Å². The Kier molecular flexibility index (Phi) is 6.23. The van der Waals surface area contributed by atoms with Gasteiger partial charge in [-0.1, -0.05) is 37.6 Å². The van der Waals surface area contributed by atoms with Gasteiger partial charge in [-0.2, -0.15) is 0 Å². The first-order valence-electron chi connectivity index (χ1n) is 6.17. The Labute approximate surface area is 108 Å². The van der Waals surface area contributed by atoms with Crippen LogP contribution < -0.4 is 5.32 Å². The molecule has 1 N–H and O–H groups in total. The molecule has 0 fully saturated rings. The van der Waals surface area contributed by atoms with E-state index >= 15 is 0 Å². The highest BCUT2D eigenvalue weighted by molar-refractivity contribution is 6.30. The number of nitrogens with one attached hydrogen (secondary N) is 1. The maximum atomic E-state index is 11.9. The summed E-state index contributed by atoms with van der Waals surface area (Å²) in [5.41, 5.74) is 1.05. The van der Waals surface area contributed by atoms with Crippen molar-refractivity contribution in [1.82, 2.24) is 5.32 Å². The van der Waals surface area contributed by atoms with Crippen molar-refractivity contribution in [3.8, 4) is 0 Å². The third-order valence-corrected chi connectivity index (χ3v) is 3.04. The van der Waals surface area contributed by atoms with Gasteiger partial charge in [0.25, 0.3) is 0 Å². The van der Waals surface area contributed by atoms with E-state index in [1.54, 1.807) is 0 Å². The number of Topliss-reactive ketones (excluding diaryl/α,β-unsaturated/α-hetero) is 1. The van der Waals surface area contributed by atoms with E-state index in [0.717, 1.165) is 18.5 Å². The summed E-state index contributed by atoms with van der Waals surface area (Å²) in [6, 6.07) is 7.56. The summed E-state index contributed by atoms with van der Waals surface area (Å²) in [7, 11) is 0. The molecular weight excluding hydrogens is 234 g/mol. The van der Waals surface area contributed by atoms with Gasteiger partial charge in [-0.25, -0.2) is 0 Å². The average molecular weight is 254 g/mol. The minimum atomic E-state index is -0.0520. The summed E-state index contributed by atoms with van der Waals surface area (Å²) in [5.74, 6) is 0.222. The fourth-order valence-electron chi connectivity index (χ4n) is 1.78. The normalized spacial score (nSPS) is 12.4. The second-order valence-electron chi connectivity index (χ2n) is 4.13. The van der Waals surface area contributed by atoms with Gasteiger partial charge in [0.15, 0.2) is 0 Å². The predicted octanol–water partition coefficient (Wildman–Crippen LogP) is 3.40. The molecule has 0 heterocycles. The van der Waals surface area contributed by atoms with Gasteiger partial charge in [-0.15, -0.1) is 0 Å². The fraction of sp³-hybridized carbons (Fsp3) is 0.500. The molecule has 0 saturated heterocycles. The van der Waals surface area contributed by atoms with E-state index in [0.29, 0.717) is 18.0 Å². The molecule has 94 valence electrons. The molecule has 0 aliphatic rings. The van der Waals surface area contributed by atoms with Crippen molar-refractivity contribution in [3.63, 3.8) is 0 Å². The van der Waals surface area contributed by atoms with Crippen molar-refractivity contribution < 1.29 is 4.79 Å². The summed E-state index contributed by atoms with van der Waals surface area (Å²) in [5, 5.41) is 4.02. The average Bonchev–Trinajstić information content (AvgIpc) is 2.35. The predicted molar refractivity (Wildman–Crippen MR) is 72.7 cm³/mol. The van der Waals surface area contributed by atoms with Crippen molar-refractivity contribution in [3.05, 3.63) is 34.9 Å². The zero-order chi connectivity index (χ0) is 12.7. The van der Waals surface area contributed by atoms with E-state index < -0.39 is 0 Å². The fourth-order valence-corrected chi connectivity index (χ4v) is 1.91. The van der Waals surface area contributed by atoms with Crippen molar-refractivity contribution in [2.24, 2.45) is 0 Å². The molecule has 1 atom stereocenters. The Morgan fingerprint density at radius 1 is 1.29 bits per heavy atom. The highest BCUT2D eigenvalue weighted by Gasteiger charge is 2.18. The van der Waals surface area contributed by atoms with Crippen LogP contribution in [0, 0.1) is 0 Å². The Bertz CT molecular complexity index is 348. The monoisotopic (exact) mass is 253 g/mol.